The Morgan fingerprint density at radius 2 is 2.18 bits per heavy atom. The Morgan fingerprint density at radius 1 is 1.35 bits per heavy atom. The summed E-state index contributed by atoms with van der Waals surface area (Å²) in [6, 6.07) is 2.32. The molecule has 1 fully saturated rings. The molecule has 1 saturated heterocycles. The summed E-state index contributed by atoms with van der Waals surface area (Å²) < 4.78 is 31.9. The summed E-state index contributed by atoms with van der Waals surface area (Å²) in [5, 5.41) is 5.35. The molecule has 2 N–H and O–H groups in total. The van der Waals surface area contributed by atoms with E-state index in [9.17, 15) is 13.6 Å². The van der Waals surface area contributed by atoms with E-state index in [2.05, 4.69) is 10.6 Å². The molecule has 4 nitrogen and oxygen atoms in total. The quantitative estimate of drug-likeness (QED) is 0.722. The van der Waals surface area contributed by atoms with Gasteiger partial charge in [0.15, 0.2) is 11.6 Å². The van der Waals surface area contributed by atoms with E-state index < -0.39 is 17.2 Å². The number of anilines is 2. The van der Waals surface area contributed by atoms with Crippen LogP contribution in [0.1, 0.15) is 6.42 Å². The van der Waals surface area contributed by atoms with E-state index in [1.807, 2.05) is 0 Å². The fourth-order valence-corrected chi connectivity index (χ4v) is 2.16. The van der Waals surface area contributed by atoms with Crippen molar-refractivity contribution < 1.29 is 18.3 Å². The van der Waals surface area contributed by atoms with Crippen LogP contribution >= 0.6 is 0 Å². The van der Waals surface area contributed by atoms with Crippen LogP contribution in [0.5, 0.6) is 0 Å². The van der Waals surface area contributed by atoms with Crippen molar-refractivity contribution in [2.75, 3.05) is 23.8 Å². The highest BCUT2D eigenvalue weighted by Gasteiger charge is 2.46. The molecule has 90 valence electrons. The average molecular weight is 240 g/mol. The molecule has 0 aliphatic carbocycles. The van der Waals surface area contributed by atoms with Crippen LogP contribution in [0.4, 0.5) is 20.2 Å². The van der Waals surface area contributed by atoms with Gasteiger partial charge >= 0.3 is 0 Å². The van der Waals surface area contributed by atoms with Gasteiger partial charge in [-0.15, -0.1) is 0 Å². The molecule has 1 aromatic rings. The molecule has 2 heterocycles. The maximum atomic E-state index is 13.6. The SMILES string of the molecule is O=C1Nc2ccc(F)c(F)c2NC12CCOC2. The van der Waals surface area contributed by atoms with Crippen LogP contribution in [0.15, 0.2) is 12.1 Å². The molecule has 1 atom stereocenters. The monoisotopic (exact) mass is 240 g/mol. The van der Waals surface area contributed by atoms with E-state index in [-0.39, 0.29) is 23.9 Å². The average Bonchev–Trinajstić information content (AvgIpc) is 2.77. The first-order valence-electron chi connectivity index (χ1n) is 5.28. The van der Waals surface area contributed by atoms with Gasteiger partial charge in [-0.1, -0.05) is 0 Å². The van der Waals surface area contributed by atoms with Crippen molar-refractivity contribution in [3.63, 3.8) is 0 Å². The standard InChI is InChI=1S/C11H10F2N2O2/c12-6-1-2-7-9(8(6)13)15-11(10(16)14-7)3-4-17-5-11/h1-2,15H,3-5H2,(H,14,16). The van der Waals surface area contributed by atoms with E-state index in [1.54, 1.807) is 0 Å². The molecular formula is C11H10F2N2O2. The predicted molar refractivity (Wildman–Crippen MR) is 56.8 cm³/mol. The Bertz CT molecular complexity index is 498. The van der Waals surface area contributed by atoms with Crippen LogP contribution in [0.25, 0.3) is 0 Å². The van der Waals surface area contributed by atoms with E-state index in [0.717, 1.165) is 6.07 Å². The summed E-state index contributed by atoms with van der Waals surface area (Å²) >= 11 is 0. The van der Waals surface area contributed by atoms with Crippen LogP contribution in [0.3, 0.4) is 0 Å². The van der Waals surface area contributed by atoms with Gasteiger partial charge in [0.2, 0.25) is 0 Å². The number of rotatable bonds is 0. The van der Waals surface area contributed by atoms with Crippen molar-refractivity contribution in [3.8, 4) is 0 Å². The number of nitrogens with one attached hydrogen (secondary N) is 2. The van der Waals surface area contributed by atoms with Crippen LogP contribution in [-0.4, -0.2) is 24.7 Å². The summed E-state index contributed by atoms with van der Waals surface area (Å²) in [5.74, 6) is -2.19. The van der Waals surface area contributed by atoms with Crippen LogP contribution in [-0.2, 0) is 9.53 Å². The van der Waals surface area contributed by atoms with Crippen molar-refractivity contribution >= 4 is 17.3 Å². The summed E-state index contributed by atoms with van der Waals surface area (Å²) in [4.78, 5) is 11.9. The Labute approximate surface area is 96.0 Å². The van der Waals surface area contributed by atoms with Gasteiger partial charge < -0.3 is 15.4 Å². The predicted octanol–water partition coefficient (Wildman–Crippen LogP) is 1.49. The van der Waals surface area contributed by atoms with E-state index in [4.69, 9.17) is 4.74 Å². The van der Waals surface area contributed by atoms with Gasteiger partial charge in [-0.3, -0.25) is 4.79 Å². The van der Waals surface area contributed by atoms with Crippen molar-refractivity contribution in [1.82, 2.24) is 0 Å². The second kappa shape index (κ2) is 3.40. The molecule has 1 spiro atoms. The number of fused-ring (bicyclic) bond motifs is 1. The molecule has 3 rings (SSSR count). The first-order valence-corrected chi connectivity index (χ1v) is 5.28. The van der Waals surface area contributed by atoms with Crippen LogP contribution < -0.4 is 10.6 Å². The summed E-state index contributed by atoms with van der Waals surface area (Å²) in [7, 11) is 0. The van der Waals surface area contributed by atoms with E-state index in [1.165, 1.54) is 6.07 Å². The number of hydrogen-bond acceptors (Lipinski definition) is 3. The van der Waals surface area contributed by atoms with E-state index in [0.29, 0.717) is 13.0 Å². The van der Waals surface area contributed by atoms with Crippen LogP contribution in [0, 0.1) is 11.6 Å². The molecule has 0 bridgehead atoms. The third kappa shape index (κ3) is 1.40. The molecule has 1 amide bonds. The van der Waals surface area contributed by atoms with Gasteiger partial charge in [0.25, 0.3) is 5.91 Å². The molecule has 1 aromatic carbocycles. The molecule has 6 heteroatoms. The molecule has 2 aliphatic heterocycles. The molecule has 0 aromatic heterocycles. The fraction of sp³-hybridized carbons (Fsp3) is 0.364. The summed E-state index contributed by atoms with van der Waals surface area (Å²) in [5.41, 5.74) is -0.719. The van der Waals surface area contributed by atoms with Gasteiger partial charge in [-0.25, -0.2) is 8.78 Å². The zero-order chi connectivity index (χ0) is 12.0. The summed E-state index contributed by atoms with van der Waals surface area (Å²) in [6.45, 7) is 0.584. The maximum absolute atomic E-state index is 13.6. The molecule has 1 unspecified atom stereocenters. The number of benzene rings is 1. The Kier molecular flexibility index (Phi) is 2.09. The summed E-state index contributed by atoms with van der Waals surface area (Å²) in [6.07, 6.45) is 0.439. The lowest BCUT2D eigenvalue weighted by molar-refractivity contribution is -0.120. The van der Waals surface area contributed by atoms with Gasteiger partial charge in [-0.05, 0) is 12.1 Å². The minimum Gasteiger partial charge on any atom is -0.378 e. The van der Waals surface area contributed by atoms with Gasteiger partial charge in [0, 0.05) is 13.0 Å². The topological polar surface area (TPSA) is 50.4 Å². The minimum atomic E-state index is -0.978. The Morgan fingerprint density at radius 3 is 2.88 bits per heavy atom. The lowest BCUT2D eigenvalue weighted by Crippen LogP contribution is -2.53. The number of halogens is 2. The molecular weight excluding hydrogens is 230 g/mol. The minimum absolute atomic E-state index is 0.00454. The first kappa shape index (κ1) is 10.5. The van der Waals surface area contributed by atoms with Crippen molar-refractivity contribution in [1.29, 1.82) is 0 Å². The van der Waals surface area contributed by atoms with E-state index >= 15 is 0 Å². The maximum Gasteiger partial charge on any atom is 0.252 e. The second-order valence-electron chi connectivity index (χ2n) is 4.25. The third-order valence-corrected chi connectivity index (χ3v) is 3.16. The normalized spacial score (nSPS) is 26.6. The number of carbonyl (C=O) groups excluding carboxylic acids is 1. The third-order valence-electron chi connectivity index (χ3n) is 3.16. The molecule has 2 aliphatic rings. The molecule has 17 heavy (non-hydrogen) atoms. The molecule has 0 saturated carbocycles. The zero-order valence-electron chi connectivity index (χ0n) is 8.85. The van der Waals surface area contributed by atoms with Crippen molar-refractivity contribution in [2.45, 2.75) is 12.0 Å². The number of ether oxygens (including phenoxy) is 1. The smallest absolute Gasteiger partial charge is 0.252 e. The zero-order valence-corrected chi connectivity index (χ0v) is 8.85. The first-order chi connectivity index (χ1) is 8.12. The highest BCUT2D eigenvalue weighted by molar-refractivity contribution is 6.06. The lowest BCUT2D eigenvalue weighted by atomic mass is 9.94. The van der Waals surface area contributed by atoms with Gasteiger partial charge in [-0.2, -0.15) is 0 Å². The number of amides is 1. The number of carbonyl (C=O) groups is 1. The number of hydrogen-bond donors (Lipinski definition) is 2. The van der Waals surface area contributed by atoms with Crippen molar-refractivity contribution in [3.05, 3.63) is 23.8 Å². The highest BCUT2D eigenvalue weighted by atomic mass is 19.2. The molecule has 0 radical (unpaired) electrons. The fourth-order valence-electron chi connectivity index (χ4n) is 2.16. The van der Waals surface area contributed by atoms with Gasteiger partial charge in [0.05, 0.1) is 18.0 Å². The highest BCUT2D eigenvalue weighted by Crippen LogP contribution is 2.37. The Hall–Kier alpha value is -1.69. The lowest BCUT2D eigenvalue weighted by Gasteiger charge is -2.34. The van der Waals surface area contributed by atoms with Gasteiger partial charge in [0.1, 0.15) is 5.54 Å². The van der Waals surface area contributed by atoms with Crippen molar-refractivity contribution in [2.24, 2.45) is 0 Å². The second-order valence-corrected chi connectivity index (χ2v) is 4.25. The Balaban J connectivity index is 2.08. The van der Waals surface area contributed by atoms with Crippen LogP contribution in [0.2, 0.25) is 0 Å². The largest absolute Gasteiger partial charge is 0.378 e.